The van der Waals surface area contributed by atoms with E-state index in [0.717, 1.165) is 83.5 Å². The molecular formula is C64H115NO8P+. The van der Waals surface area contributed by atoms with Gasteiger partial charge in [0.05, 0.1) is 27.7 Å². The van der Waals surface area contributed by atoms with Gasteiger partial charge in [-0.15, -0.1) is 0 Å². The number of carbonyl (C=O) groups is 2. The lowest BCUT2D eigenvalue weighted by atomic mass is 10.0. The van der Waals surface area contributed by atoms with Gasteiger partial charge in [-0.1, -0.05) is 240 Å². The minimum absolute atomic E-state index is 0.0273. The van der Waals surface area contributed by atoms with Gasteiger partial charge in [0.15, 0.2) is 6.10 Å². The summed E-state index contributed by atoms with van der Waals surface area (Å²) in [7, 11) is 1.47. The molecule has 428 valence electrons. The second-order valence-electron chi connectivity index (χ2n) is 21.4. The zero-order chi connectivity index (χ0) is 54.2. The molecule has 9 nitrogen and oxygen atoms in total. The van der Waals surface area contributed by atoms with E-state index in [-0.39, 0.29) is 32.0 Å². The average molecular weight is 1060 g/mol. The van der Waals surface area contributed by atoms with Gasteiger partial charge in [-0.05, 0) is 89.9 Å². The van der Waals surface area contributed by atoms with Crippen molar-refractivity contribution in [1.29, 1.82) is 0 Å². The Hall–Kier alpha value is -2.81. The van der Waals surface area contributed by atoms with E-state index < -0.39 is 26.5 Å². The molecule has 0 saturated heterocycles. The molecule has 2 unspecified atom stereocenters. The highest BCUT2D eigenvalue weighted by Gasteiger charge is 2.27. The van der Waals surface area contributed by atoms with Gasteiger partial charge in [0.25, 0.3) is 0 Å². The van der Waals surface area contributed by atoms with Crippen molar-refractivity contribution < 1.29 is 42.1 Å². The van der Waals surface area contributed by atoms with Gasteiger partial charge in [0.1, 0.15) is 19.8 Å². The van der Waals surface area contributed by atoms with Crippen molar-refractivity contribution in [3.63, 3.8) is 0 Å². The Bertz CT molecular complexity index is 1520. The van der Waals surface area contributed by atoms with E-state index in [1.54, 1.807) is 0 Å². The SMILES string of the molecule is CC/C=C\C/C=C\C/C=C\C/C=C\CCCCCCCCCCCCC(=O)OC(COC(=O)CCCCCCCCCCCCCC/C=C\C/C=C\C/C=C\CCCCCCC)COP(=O)(O)OCC[N+](C)(C)C. The lowest BCUT2D eigenvalue weighted by Gasteiger charge is -2.24. The summed E-state index contributed by atoms with van der Waals surface area (Å²) in [5, 5.41) is 0. The topological polar surface area (TPSA) is 108 Å². The molecule has 0 heterocycles. The molecule has 2 atom stereocenters. The lowest BCUT2D eigenvalue weighted by Crippen LogP contribution is -2.37. The van der Waals surface area contributed by atoms with Crippen molar-refractivity contribution in [3.05, 3.63) is 85.1 Å². The Balaban J connectivity index is 4.15. The summed E-state index contributed by atoms with van der Waals surface area (Å²) < 4.78 is 34.6. The summed E-state index contributed by atoms with van der Waals surface area (Å²) in [6.45, 7) is 4.32. The summed E-state index contributed by atoms with van der Waals surface area (Å²) in [5.74, 6) is -0.802. The number of ether oxygens (including phenoxy) is 2. The van der Waals surface area contributed by atoms with Crippen molar-refractivity contribution in [2.24, 2.45) is 0 Å². The van der Waals surface area contributed by atoms with Gasteiger partial charge in [-0.2, -0.15) is 0 Å². The number of allylic oxidation sites excluding steroid dienone is 14. The highest BCUT2D eigenvalue weighted by atomic mass is 31.2. The van der Waals surface area contributed by atoms with E-state index in [4.69, 9.17) is 18.5 Å². The van der Waals surface area contributed by atoms with Gasteiger partial charge < -0.3 is 18.9 Å². The van der Waals surface area contributed by atoms with Crippen LogP contribution in [0.4, 0.5) is 0 Å². The van der Waals surface area contributed by atoms with Crippen molar-refractivity contribution in [2.45, 2.75) is 264 Å². The number of phosphoric ester groups is 1. The van der Waals surface area contributed by atoms with Crippen molar-refractivity contribution in [2.75, 3.05) is 47.5 Å². The monoisotopic (exact) mass is 1060 g/mol. The zero-order valence-corrected chi connectivity index (χ0v) is 49.5. The molecule has 10 heteroatoms. The van der Waals surface area contributed by atoms with E-state index in [0.29, 0.717) is 17.4 Å². The van der Waals surface area contributed by atoms with Gasteiger partial charge in [-0.25, -0.2) is 4.57 Å². The summed E-state index contributed by atoms with van der Waals surface area (Å²) in [6.07, 6.45) is 73.6. The molecule has 0 aromatic carbocycles. The number of carbonyl (C=O) groups excluding carboxylic acids is 2. The molecular weight excluding hydrogens is 942 g/mol. The molecule has 0 saturated carbocycles. The number of rotatable bonds is 55. The Labute approximate surface area is 456 Å². The normalized spacial score (nSPS) is 13.9. The van der Waals surface area contributed by atoms with Crippen LogP contribution in [0.2, 0.25) is 0 Å². The fraction of sp³-hybridized carbons (Fsp3) is 0.750. The van der Waals surface area contributed by atoms with E-state index in [2.05, 4.69) is 98.9 Å². The summed E-state index contributed by atoms with van der Waals surface area (Å²) in [6, 6.07) is 0. The minimum Gasteiger partial charge on any atom is -0.462 e. The maximum absolute atomic E-state index is 12.8. The van der Waals surface area contributed by atoms with Crippen LogP contribution in [-0.2, 0) is 32.7 Å². The average Bonchev–Trinajstić information content (AvgIpc) is 3.36. The van der Waals surface area contributed by atoms with Crippen molar-refractivity contribution in [3.8, 4) is 0 Å². The molecule has 0 aliphatic rings. The third-order valence-corrected chi connectivity index (χ3v) is 13.9. The number of unbranched alkanes of at least 4 members (excludes halogenated alkanes) is 27. The molecule has 0 radical (unpaired) electrons. The molecule has 0 aliphatic heterocycles. The maximum atomic E-state index is 12.8. The van der Waals surface area contributed by atoms with Crippen LogP contribution in [0.3, 0.4) is 0 Å². The highest BCUT2D eigenvalue weighted by Crippen LogP contribution is 2.43. The molecule has 0 rings (SSSR count). The Morgan fingerprint density at radius 1 is 0.432 bits per heavy atom. The maximum Gasteiger partial charge on any atom is 0.472 e. The molecule has 0 fully saturated rings. The van der Waals surface area contributed by atoms with Crippen LogP contribution < -0.4 is 0 Å². The van der Waals surface area contributed by atoms with Gasteiger partial charge in [0.2, 0.25) is 0 Å². The quantitative estimate of drug-likeness (QED) is 0.0211. The van der Waals surface area contributed by atoms with E-state index in [1.165, 1.54) is 141 Å². The fourth-order valence-electron chi connectivity index (χ4n) is 8.25. The van der Waals surface area contributed by atoms with E-state index >= 15 is 0 Å². The third kappa shape index (κ3) is 58.5. The Morgan fingerprint density at radius 3 is 1.15 bits per heavy atom. The number of quaternary nitrogens is 1. The number of hydrogen-bond acceptors (Lipinski definition) is 7. The minimum atomic E-state index is -4.39. The standard InChI is InChI=1S/C64H114NO8P/c1-6-8-10-12-14-16-18-20-22-24-26-28-30-31-32-33-35-36-38-40-42-44-46-48-50-52-54-56-63(66)70-60-62(61-72-74(68,69)71-59-58-65(3,4)5)73-64(67)57-55-53-51-49-47-45-43-41-39-37-34-29-27-25-23-21-19-17-15-13-11-9-7-2/h9,11,15,17-18,20-21,23-24,26-27,29-31,62H,6-8,10,12-14,16,19,22,25,28,32-61H2,1-5H3/p+1/b11-9-,17-15-,20-18-,23-21-,26-24-,29-27-,31-30-. The molecule has 0 amide bonds. The first-order valence-electron chi connectivity index (χ1n) is 30.3. The van der Waals surface area contributed by atoms with Crippen molar-refractivity contribution in [1.82, 2.24) is 0 Å². The first-order valence-corrected chi connectivity index (χ1v) is 31.8. The summed E-state index contributed by atoms with van der Waals surface area (Å²) in [5.41, 5.74) is 0. The van der Waals surface area contributed by atoms with Crippen LogP contribution in [0.5, 0.6) is 0 Å². The number of hydrogen-bond donors (Lipinski definition) is 1. The Morgan fingerprint density at radius 2 is 0.770 bits per heavy atom. The fourth-order valence-corrected chi connectivity index (χ4v) is 8.99. The molecule has 1 N–H and O–H groups in total. The Kier molecular flexibility index (Phi) is 52.9. The largest absolute Gasteiger partial charge is 0.472 e. The summed E-state index contributed by atoms with van der Waals surface area (Å²) >= 11 is 0. The van der Waals surface area contributed by atoms with Crippen LogP contribution >= 0.6 is 7.82 Å². The first-order chi connectivity index (χ1) is 36.0. The predicted molar refractivity (Wildman–Crippen MR) is 316 cm³/mol. The predicted octanol–water partition coefficient (Wildman–Crippen LogP) is 19.0. The smallest absolute Gasteiger partial charge is 0.462 e. The molecule has 0 aromatic heterocycles. The second-order valence-corrected chi connectivity index (χ2v) is 22.8. The van der Waals surface area contributed by atoms with E-state index in [9.17, 15) is 19.0 Å². The highest BCUT2D eigenvalue weighted by molar-refractivity contribution is 7.47. The second kappa shape index (κ2) is 55.0. The van der Waals surface area contributed by atoms with E-state index in [1.807, 2.05) is 21.1 Å². The number of phosphoric acid groups is 1. The molecule has 0 bridgehead atoms. The number of likely N-dealkylation sites (N-methyl/N-ethyl adjacent to an activating group) is 1. The first kappa shape index (κ1) is 71.2. The van der Waals surface area contributed by atoms with Crippen LogP contribution in [0, 0.1) is 0 Å². The molecule has 0 spiro atoms. The van der Waals surface area contributed by atoms with Gasteiger partial charge >= 0.3 is 19.8 Å². The van der Waals surface area contributed by atoms with Gasteiger partial charge in [-0.3, -0.25) is 18.6 Å². The summed E-state index contributed by atoms with van der Waals surface area (Å²) in [4.78, 5) is 35.7. The molecule has 74 heavy (non-hydrogen) atoms. The number of esters is 2. The molecule has 0 aliphatic carbocycles. The van der Waals surface area contributed by atoms with Crippen LogP contribution in [-0.4, -0.2) is 74.9 Å². The number of nitrogens with zero attached hydrogens (tertiary/aromatic N) is 1. The van der Waals surface area contributed by atoms with Gasteiger partial charge in [0, 0.05) is 12.8 Å². The van der Waals surface area contributed by atoms with Crippen LogP contribution in [0.1, 0.15) is 258 Å². The van der Waals surface area contributed by atoms with Crippen LogP contribution in [0.15, 0.2) is 85.1 Å². The molecule has 0 aromatic rings. The lowest BCUT2D eigenvalue weighted by molar-refractivity contribution is -0.870. The third-order valence-electron chi connectivity index (χ3n) is 12.9. The zero-order valence-electron chi connectivity index (χ0n) is 48.6. The van der Waals surface area contributed by atoms with Crippen LogP contribution in [0.25, 0.3) is 0 Å². The van der Waals surface area contributed by atoms with Crippen molar-refractivity contribution >= 4 is 19.8 Å².